The van der Waals surface area contributed by atoms with Gasteiger partial charge in [0.05, 0.1) is 12.3 Å². The smallest absolute Gasteiger partial charge is 0.244 e. The Morgan fingerprint density at radius 3 is 2.74 bits per heavy atom. The van der Waals surface area contributed by atoms with Crippen molar-refractivity contribution in [2.45, 2.75) is 19.1 Å². The van der Waals surface area contributed by atoms with E-state index in [1.807, 2.05) is 31.2 Å². The highest BCUT2D eigenvalue weighted by Gasteiger charge is 2.24. The molecule has 0 spiro atoms. The largest absolute Gasteiger partial charge is 0.493 e. The first-order valence-electron chi connectivity index (χ1n) is 7.00. The monoisotopic (exact) mass is 354 g/mol. The minimum absolute atomic E-state index is 0.354. The van der Waals surface area contributed by atoms with Crippen LogP contribution < -0.4 is 10.1 Å². The van der Waals surface area contributed by atoms with Gasteiger partial charge in [0.2, 0.25) is 5.91 Å². The first-order valence-corrected chi connectivity index (χ1v) is 9.83. The number of anilines is 1. The number of aromatic nitrogens is 1. The number of carbonyl (C=O) groups excluding carboxylic acids is 1. The summed E-state index contributed by atoms with van der Waals surface area (Å²) in [6, 6.07) is 7.48. The van der Waals surface area contributed by atoms with Crippen molar-refractivity contribution >= 4 is 32.2 Å². The van der Waals surface area contributed by atoms with Crippen LogP contribution in [0.1, 0.15) is 13.8 Å². The van der Waals surface area contributed by atoms with E-state index in [1.54, 1.807) is 5.38 Å². The van der Waals surface area contributed by atoms with Gasteiger partial charge in [0.1, 0.15) is 11.0 Å². The van der Waals surface area contributed by atoms with Crippen molar-refractivity contribution in [3.05, 3.63) is 29.6 Å². The summed E-state index contributed by atoms with van der Waals surface area (Å²) in [6.45, 7) is 3.79. The van der Waals surface area contributed by atoms with Gasteiger partial charge in [0, 0.05) is 17.2 Å². The number of thiazole rings is 1. The van der Waals surface area contributed by atoms with Crippen molar-refractivity contribution in [3.8, 4) is 17.0 Å². The predicted molar refractivity (Wildman–Crippen MR) is 91.7 cm³/mol. The van der Waals surface area contributed by atoms with Crippen LogP contribution in [0.5, 0.6) is 5.75 Å². The summed E-state index contributed by atoms with van der Waals surface area (Å²) in [5, 5.41) is 3.56. The molecule has 0 aliphatic heterocycles. The molecular formula is C15H18N2O4S2. The van der Waals surface area contributed by atoms with E-state index in [0.717, 1.165) is 11.8 Å². The molecule has 1 atom stereocenters. The summed E-state index contributed by atoms with van der Waals surface area (Å²) >= 11 is 1.23. The molecule has 1 unspecified atom stereocenters. The molecule has 0 saturated carbocycles. The van der Waals surface area contributed by atoms with Crippen molar-refractivity contribution in [2.75, 3.05) is 18.2 Å². The fraction of sp³-hybridized carbons (Fsp3) is 0.333. The molecule has 2 aromatic rings. The molecule has 0 saturated heterocycles. The van der Waals surface area contributed by atoms with Gasteiger partial charge in [-0.05, 0) is 26.0 Å². The van der Waals surface area contributed by atoms with Gasteiger partial charge in [-0.15, -0.1) is 11.3 Å². The Kier molecular flexibility index (Phi) is 5.38. The Bertz CT molecular complexity index is 799. The van der Waals surface area contributed by atoms with Crippen LogP contribution in [0.15, 0.2) is 29.6 Å². The maximum absolute atomic E-state index is 11.9. The van der Waals surface area contributed by atoms with Crippen LogP contribution in [-0.4, -0.2) is 37.4 Å². The lowest BCUT2D eigenvalue weighted by Crippen LogP contribution is -2.31. The van der Waals surface area contributed by atoms with E-state index in [4.69, 9.17) is 4.74 Å². The second kappa shape index (κ2) is 7.10. The standard InChI is InChI=1S/C15H18N2O4S2/c1-4-21-13-8-6-5-7-11(13)12-9-22-15(16-12)17-14(18)10(2)23(3,19)20/h5-10H,4H2,1-3H3,(H,16,17,18). The highest BCUT2D eigenvalue weighted by Crippen LogP contribution is 2.32. The van der Waals surface area contributed by atoms with Crippen molar-refractivity contribution in [1.82, 2.24) is 4.98 Å². The number of carbonyl (C=O) groups is 1. The third-order valence-corrected chi connectivity index (χ3v) is 5.46. The molecule has 124 valence electrons. The minimum atomic E-state index is -3.44. The summed E-state index contributed by atoms with van der Waals surface area (Å²) in [5.74, 6) is 0.120. The number of nitrogens with one attached hydrogen (secondary N) is 1. The second-order valence-electron chi connectivity index (χ2n) is 4.93. The van der Waals surface area contributed by atoms with Crippen LogP contribution >= 0.6 is 11.3 Å². The number of hydrogen-bond acceptors (Lipinski definition) is 6. The Morgan fingerprint density at radius 2 is 2.09 bits per heavy atom. The first kappa shape index (κ1) is 17.4. The van der Waals surface area contributed by atoms with Crippen LogP contribution in [0.3, 0.4) is 0 Å². The summed E-state index contributed by atoms with van der Waals surface area (Å²) in [6.07, 6.45) is 1.03. The number of benzene rings is 1. The quantitative estimate of drug-likeness (QED) is 0.862. The van der Waals surface area contributed by atoms with Gasteiger partial charge < -0.3 is 10.1 Å². The molecule has 0 aliphatic carbocycles. The molecule has 0 aliphatic rings. The van der Waals surface area contributed by atoms with Crippen LogP contribution in [0.4, 0.5) is 5.13 Å². The zero-order valence-electron chi connectivity index (χ0n) is 13.1. The molecule has 1 heterocycles. The van der Waals surface area contributed by atoms with Crippen LogP contribution in [0.25, 0.3) is 11.3 Å². The SMILES string of the molecule is CCOc1ccccc1-c1csc(NC(=O)C(C)S(C)(=O)=O)n1. The number of sulfone groups is 1. The third kappa shape index (κ3) is 4.29. The summed E-state index contributed by atoms with van der Waals surface area (Å²) in [7, 11) is -3.44. The highest BCUT2D eigenvalue weighted by atomic mass is 32.2. The molecule has 1 aromatic carbocycles. The number of amides is 1. The Morgan fingerprint density at radius 1 is 1.39 bits per heavy atom. The molecule has 0 radical (unpaired) electrons. The summed E-state index contributed by atoms with van der Waals surface area (Å²) in [4.78, 5) is 16.3. The van der Waals surface area contributed by atoms with Gasteiger partial charge in [-0.1, -0.05) is 12.1 Å². The van der Waals surface area contributed by atoms with Crippen molar-refractivity contribution in [2.24, 2.45) is 0 Å². The van der Waals surface area contributed by atoms with Crippen molar-refractivity contribution in [1.29, 1.82) is 0 Å². The fourth-order valence-corrected chi connectivity index (χ4v) is 2.98. The van der Waals surface area contributed by atoms with E-state index < -0.39 is 21.0 Å². The number of rotatable bonds is 6. The van der Waals surface area contributed by atoms with Gasteiger partial charge in [-0.3, -0.25) is 4.79 Å². The minimum Gasteiger partial charge on any atom is -0.493 e. The van der Waals surface area contributed by atoms with E-state index in [0.29, 0.717) is 23.2 Å². The van der Waals surface area contributed by atoms with Crippen LogP contribution in [-0.2, 0) is 14.6 Å². The molecule has 2 rings (SSSR count). The van der Waals surface area contributed by atoms with E-state index in [9.17, 15) is 13.2 Å². The molecule has 8 heteroatoms. The average molecular weight is 354 g/mol. The van der Waals surface area contributed by atoms with Gasteiger partial charge in [0.25, 0.3) is 0 Å². The Balaban J connectivity index is 2.20. The third-order valence-electron chi connectivity index (χ3n) is 3.21. The van der Waals surface area contributed by atoms with E-state index >= 15 is 0 Å². The van der Waals surface area contributed by atoms with E-state index in [1.165, 1.54) is 18.3 Å². The topological polar surface area (TPSA) is 85.4 Å². The second-order valence-corrected chi connectivity index (χ2v) is 8.15. The zero-order chi connectivity index (χ0) is 17.0. The lowest BCUT2D eigenvalue weighted by atomic mass is 10.1. The number of para-hydroxylation sites is 1. The Hall–Kier alpha value is -1.93. The van der Waals surface area contributed by atoms with E-state index in [-0.39, 0.29) is 0 Å². The fourth-order valence-electron chi connectivity index (χ4n) is 1.82. The average Bonchev–Trinajstić information content (AvgIpc) is 2.94. The number of hydrogen-bond donors (Lipinski definition) is 1. The van der Waals surface area contributed by atoms with Crippen molar-refractivity contribution in [3.63, 3.8) is 0 Å². The molecule has 1 N–H and O–H groups in total. The zero-order valence-corrected chi connectivity index (χ0v) is 14.7. The molecular weight excluding hydrogens is 336 g/mol. The van der Waals surface area contributed by atoms with Gasteiger partial charge in [0.15, 0.2) is 15.0 Å². The van der Waals surface area contributed by atoms with Crippen LogP contribution in [0.2, 0.25) is 0 Å². The van der Waals surface area contributed by atoms with Crippen molar-refractivity contribution < 1.29 is 17.9 Å². The summed E-state index contributed by atoms with van der Waals surface area (Å²) in [5.41, 5.74) is 1.49. The van der Waals surface area contributed by atoms with E-state index in [2.05, 4.69) is 10.3 Å². The molecule has 6 nitrogen and oxygen atoms in total. The number of ether oxygens (including phenoxy) is 1. The predicted octanol–water partition coefficient (Wildman–Crippen LogP) is 2.58. The molecule has 1 amide bonds. The molecule has 1 aromatic heterocycles. The maximum atomic E-state index is 11.9. The Labute approximate surface area is 139 Å². The van der Waals surface area contributed by atoms with Crippen LogP contribution in [0, 0.1) is 0 Å². The first-order chi connectivity index (χ1) is 10.8. The lowest BCUT2D eigenvalue weighted by molar-refractivity contribution is -0.115. The molecule has 0 fully saturated rings. The lowest BCUT2D eigenvalue weighted by Gasteiger charge is -2.08. The van der Waals surface area contributed by atoms with Gasteiger partial charge >= 0.3 is 0 Å². The normalized spacial score (nSPS) is 12.7. The van der Waals surface area contributed by atoms with Gasteiger partial charge in [-0.2, -0.15) is 0 Å². The number of nitrogens with zero attached hydrogens (tertiary/aromatic N) is 1. The molecule has 0 bridgehead atoms. The summed E-state index contributed by atoms with van der Waals surface area (Å²) < 4.78 is 28.4. The maximum Gasteiger partial charge on any atom is 0.244 e. The highest BCUT2D eigenvalue weighted by molar-refractivity contribution is 7.92. The van der Waals surface area contributed by atoms with Gasteiger partial charge in [-0.25, -0.2) is 13.4 Å². The molecule has 23 heavy (non-hydrogen) atoms.